The standard InChI is InChI=1S/C47H49N6O8PS2/c1-32(54)46(56)63-26-27-64-62(52-24-10-11-25-52)61-39-28-41(53-31-50-42-43(48-30-49-44(42)53)51-45(55)33-12-6-4-7-13-33)60-40(39)29-59-47(34-14-8-5-9-15-34,35-16-20-37(57-2)21-17-35)36-18-22-38(58-3)23-19-36/h4-9,12-23,30-31,39-41H,10-11,24-29H2,1-3H3,(H,48,49,51,55)/t39-,40+,41+,62?/m0/s1. The SMILES string of the molecule is COc1ccc(C(OC[C@H]2O[C@@H](n3cnc4c(NC(=O)c5ccccc5)ncnc43)C[C@@H]2OP(SCCSC(=O)C(C)=O)N2CCCC2)(c2ccccc2)c2ccc(OC)cc2)cc1. The van der Waals surface area contributed by atoms with Crippen LogP contribution in [0, 0.1) is 0 Å². The van der Waals surface area contributed by atoms with Crippen molar-refractivity contribution in [3.8, 4) is 11.5 Å². The molecule has 2 aliphatic heterocycles. The molecule has 6 aromatic rings. The topological polar surface area (TPSA) is 156 Å². The maximum Gasteiger partial charge on any atom is 0.256 e. The molecule has 2 aromatic heterocycles. The Morgan fingerprint density at radius 1 is 0.812 bits per heavy atom. The zero-order valence-corrected chi connectivity index (χ0v) is 38.2. The second kappa shape index (κ2) is 21.2. The van der Waals surface area contributed by atoms with E-state index in [1.807, 2.05) is 77.4 Å². The number of aromatic nitrogens is 4. The molecule has 4 atom stereocenters. The lowest BCUT2D eigenvalue weighted by atomic mass is 9.80. The van der Waals surface area contributed by atoms with Gasteiger partial charge in [-0.25, -0.2) is 15.0 Å². The van der Waals surface area contributed by atoms with Gasteiger partial charge in [-0.05, 0) is 65.9 Å². The summed E-state index contributed by atoms with van der Waals surface area (Å²) in [6.07, 6.45) is 4.01. The second-order valence-electron chi connectivity index (χ2n) is 15.1. The number of nitrogens with zero attached hydrogens (tertiary/aromatic N) is 5. The molecular weight excluding hydrogens is 872 g/mol. The number of Topliss-reactive ketones (excluding diaryl/α,β-unsaturated/α-hetero) is 1. The summed E-state index contributed by atoms with van der Waals surface area (Å²) in [5, 5.41) is 2.46. The van der Waals surface area contributed by atoms with Crippen molar-refractivity contribution in [2.75, 3.05) is 50.7 Å². The first-order chi connectivity index (χ1) is 31.3. The minimum Gasteiger partial charge on any atom is -0.497 e. The fourth-order valence-corrected chi connectivity index (χ4v) is 13.1. The van der Waals surface area contributed by atoms with Gasteiger partial charge in [0, 0.05) is 43.5 Å². The highest BCUT2D eigenvalue weighted by Gasteiger charge is 2.45. The number of ketones is 1. The minimum absolute atomic E-state index is 0.116. The van der Waals surface area contributed by atoms with E-state index in [1.165, 1.54) is 13.3 Å². The van der Waals surface area contributed by atoms with Crippen LogP contribution in [0.1, 0.15) is 59.5 Å². The Bertz CT molecular complexity index is 2470. The summed E-state index contributed by atoms with van der Waals surface area (Å²) in [4.78, 5) is 50.7. The van der Waals surface area contributed by atoms with Crippen LogP contribution in [0.25, 0.3) is 11.2 Å². The molecule has 64 heavy (non-hydrogen) atoms. The van der Waals surface area contributed by atoms with E-state index >= 15 is 0 Å². The number of anilines is 1. The van der Waals surface area contributed by atoms with Crippen LogP contribution in [-0.2, 0) is 29.2 Å². The second-order valence-corrected chi connectivity index (χ2v) is 19.8. The van der Waals surface area contributed by atoms with Crippen molar-refractivity contribution >= 4 is 64.4 Å². The molecule has 0 radical (unpaired) electrons. The number of carbonyl (C=O) groups excluding carboxylic acids is 3. The summed E-state index contributed by atoms with van der Waals surface area (Å²) in [6, 6.07) is 34.8. The normalized spacial score (nSPS) is 18.2. The Morgan fingerprint density at radius 2 is 1.44 bits per heavy atom. The van der Waals surface area contributed by atoms with E-state index < -0.39 is 42.4 Å². The predicted octanol–water partition coefficient (Wildman–Crippen LogP) is 8.68. The summed E-state index contributed by atoms with van der Waals surface area (Å²) in [5.41, 5.74) is 2.96. The van der Waals surface area contributed by atoms with Gasteiger partial charge in [0.15, 0.2) is 24.5 Å². The number of amides is 1. The van der Waals surface area contributed by atoms with Crippen LogP contribution >= 0.6 is 30.6 Å². The van der Waals surface area contributed by atoms with Crippen LogP contribution in [0.4, 0.5) is 5.82 Å². The smallest absolute Gasteiger partial charge is 0.256 e. The van der Waals surface area contributed by atoms with Gasteiger partial charge in [0.05, 0.1) is 33.3 Å². The number of carbonyl (C=O) groups is 3. The molecule has 2 aliphatic rings. The monoisotopic (exact) mass is 920 g/mol. The lowest BCUT2D eigenvalue weighted by molar-refractivity contribution is -0.130. The van der Waals surface area contributed by atoms with Crippen LogP contribution in [0.15, 0.2) is 122 Å². The Balaban J connectivity index is 1.14. The van der Waals surface area contributed by atoms with E-state index in [2.05, 4.69) is 37.1 Å². The number of fused-ring (bicyclic) bond motifs is 1. The third kappa shape index (κ3) is 10.2. The molecule has 1 N–H and O–H groups in total. The van der Waals surface area contributed by atoms with Crippen molar-refractivity contribution in [3.63, 3.8) is 0 Å². The highest BCUT2D eigenvalue weighted by Crippen LogP contribution is 2.58. The first-order valence-corrected chi connectivity index (χ1v) is 24.8. The van der Waals surface area contributed by atoms with E-state index in [0.717, 1.165) is 54.4 Å². The highest BCUT2D eigenvalue weighted by atomic mass is 32.7. The van der Waals surface area contributed by atoms with E-state index in [1.54, 1.807) is 56.2 Å². The molecule has 1 unspecified atom stereocenters. The molecule has 0 bridgehead atoms. The molecule has 17 heteroatoms. The van der Waals surface area contributed by atoms with Gasteiger partial charge < -0.3 is 28.8 Å². The number of hydrogen-bond donors (Lipinski definition) is 1. The van der Waals surface area contributed by atoms with Gasteiger partial charge in [0.2, 0.25) is 5.78 Å². The highest BCUT2D eigenvalue weighted by molar-refractivity contribution is 8.53. The van der Waals surface area contributed by atoms with Crippen molar-refractivity contribution in [3.05, 3.63) is 144 Å². The molecule has 2 fully saturated rings. The summed E-state index contributed by atoms with van der Waals surface area (Å²) in [6.45, 7) is 3.20. The average molecular weight is 921 g/mol. The largest absolute Gasteiger partial charge is 0.497 e. The van der Waals surface area contributed by atoms with Crippen LogP contribution < -0.4 is 14.8 Å². The van der Waals surface area contributed by atoms with Crippen LogP contribution in [0.5, 0.6) is 11.5 Å². The number of rotatable bonds is 19. The van der Waals surface area contributed by atoms with Gasteiger partial charge in [-0.1, -0.05) is 95.9 Å². The first kappa shape index (κ1) is 45.4. The molecule has 0 spiro atoms. The van der Waals surface area contributed by atoms with Crippen LogP contribution in [0.3, 0.4) is 0 Å². The third-order valence-corrected chi connectivity index (χ3v) is 16.4. The third-order valence-electron chi connectivity index (χ3n) is 11.1. The van der Waals surface area contributed by atoms with Crippen LogP contribution in [0.2, 0.25) is 0 Å². The zero-order chi connectivity index (χ0) is 44.5. The van der Waals surface area contributed by atoms with Crippen molar-refractivity contribution < 1.29 is 37.9 Å². The van der Waals surface area contributed by atoms with Crippen LogP contribution in [-0.4, -0.2) is 98.6 Å². The van der Waals surface area contributed by atoms with Crippen molar-refractivity contribution in [2.45, 2.75) is 50.2 Å². The number of benzene rings is 4. The van der Waals surface area contributed by atoms with Gasteiger partial charge in [-0.15, -0.1) is 0 Å². The Morgan fingerprint density at radius 3 is 2.06 bits per heavy atom. The molecule has 0 aliphatic carbocycles. The van der Waals surface area contributed by atoms with Gasteiger partial charge in [0.25, 0.3) is 11.0 Å². The van der Waals surface area contributed by atoms with E-state index in [4.69, 9.17) is 23.5 Å². The fourth-order valence-electron chi connectivity index (χ4n) is 7.85. The van der Waals surface area contributed by atoms with Gasteiger partial charge in [-0.2, -0.15) is 0 Å². The van der Waals surface area contributed by atoms with E-state index in [-0.39, 0.29) is 18.3 Å². The Hall–Kier alpha value is -5.19. The number of thioether (sulfide) groups is 1. The number of nitrogens with one attached hydrogen (secondary N) is 1. The molecule has 1 amide bonds. The fraction of sp³-hybridized carbons (Fsp3) is 0.319. The lowest BCUT2D eigenvalue weighted by Gasteiger charge is -2.37. The maximum atomic E-state index is 13.2. The number of hydrogen-bond acceptors (Lipinski definition) is 14. The zero-order valence-electron chi connectivity index (χ0n) is 35.7. The Kier molecular flexibility index (Phi) is 15.0. The maximum absolute atomic E-state index is 13.2. The van der Waals surface area contributed by atoms with E-state index in [9.17, 15) is 14.4 Å². The summed E-state index contributed by atoms with van der Waals surface area (Å²) < 4.78 is 37.0. The minimum atomic E-state index is -1.20. The predicted molar refractivity (Wildman–Crippen MR) is 250 cm³/mol. The number of imidazole rings is 1. The van der Waals surface area contributed by atoms with Crippen molar-refractivity contribution in [1.29, 1.82) is 0 Å². The quantitative estimate of drug-likeness (QED) is 0.0356. The molecule has 8 rings (SSSR count). The number of methoxy groups -OCH3 is 2. The van der Waals surface area contributed by atoms with Crippen molar-refractivity contribution in [1.82, 2.24) is 24.2 Å². The summed E-state index contributed by atoms with van der Waals surface area (Å²) in [5.74, 6) is 2.05. The summed E-state index contributed by atoms with van der Waals surface area (Å²) >= 11 is 2.72. The van der Waals surface area contributed by atoms with E-state index in [0.29, 0.717) is 46.2 Å². The molecule has 332 valence electrons. The summed E-state index contributed by atoms with van der Waals surface area (Å²) in [7, 11) is 2.09. The van der Waals surface area contributed by atoms with Gasteiger partial charge in [0.1, 0.15) is 35.8 Å². The molecule has 4 aromatic carbocycles. The van der Waals surface area contributed by atoms with Gasteiger partial charge >= 0.3 is 0 Å². The molecule has 2 saturated heterocycles. The first-order valence-electron chi connectivity index (χ1n) is 21.0. The van der Waals surface area contributed by atoms with Crippen molar-refractivity contribution in [2.24, 2.45) is 0 Å². The van der Waals surface area contributed by atoms with Gasteiger partial charge in [-0.3, -0.25) is 23.6 Å². The molecular formula is C47H49N6O8PS2. The lowest BCUT2D eigenvalue weighted by Crippen LogP contribution is -2.38. The molecule has 0 saturated carbocycles. The molecule has 14 nitrogen and oxygen atoms in total. The number of ether oxygens (including phenoxy) is 4. The average Bonchev–Trinajstić information content (AvgIpc) is 4.13. The molecule has 4 heterocycles. The Labute approximate surface area is 381 Å².